The largest absolute Gasteiger partial charge is 0.367 e. The Hall–Kier alpha value is -0.610. The lowest BCUT2D eigenvalue weighted by Gasteiger charge is -2.43. The summed E-state index contributed by atoms with van der Waals surface area (Å²) in [5, 5.41) is 0. The van der Waals surface area contributed by atoms with Crippen LogP contribution in [0.3, 0.4) is 0 Å². The first-order valence-corrected chi connectivity index (χ1v) is 6.68. The topological polar surface area (TPSA) is 55.6 Å². The van der Waals surface area contributed by atoms with Gasteiger partial charge in [-0.25, -0.2) is 0 Å². The van der Waals surface area contributed by atoms with E-state index < -0.39 is 0 Å². The summed E-state index contributed by atoms with van der Waals surface area (Å²) in [6.07, 6.45) is 4.51. The minimum atomic E-state index is -0.267. The molecule has 1 heterocycles. The fourth-order valence-corrected chi connectivity index (χ4v) is 3.02. The maximum Gasteiger partial charge on any atom is 0.225 e. The van der Waals surface area contributed by atoms with Crippen LogP contribution in [-0.4, -0.2) is 42.1 Å². The van der Waals surface area contributed by atoms with Gasteiger partial charge in [0.2, 0.25) is 5.91 Å². The molecule has 0 spiro atoms. The molecule has 0 aromatic heterocycles. The van der Waals surface area contributed by atoms with Crippen molar-refractivity contribution in [2.75, 3.05) is 19.6 Å². The molecule has 0 bridgehead atoms. The van der Waals surface area contributed by atoms with E-state index in [0.717, 1.165) is 12.8 Å². The first-order chi connectivity index (χ1) is 8.02. The second-order valence-corrected chi connectivity index (χ2v) is 5.94. The molecule has 2 aliphatic rings. The van der Waals surface area contributed by atoms with E-state index in [2.05, 4.69) is 0 Å². The van der Waals surface area contributed by atoms with E-state index in [1.807, 2.05) is 18.7 Å². The van der Waals surface area contributed by atoms with Gasteiger partial charge in [0.05, 0.1) is 11.7 Å². The summed E-state index contributed by atoms with van der Waals surface area (Å²) < 4.78 is 5.85. The number of nitrogens with zero attached hydrogens (tertiary/aromatic N) is 1. The van der Waals surface area contributed by atoms with Crippen molar-refractivity contribution < 1.29 is 9.53 Å². The predicted molar refractivity (Wildman–Crippen MR) is 66.5 cm³/mol. The molecular formula is C13H24N2O2. The summed E-state index contributed by atoms with van der Waals surface area (Å²) >= 11 is 0. The van der Waals surface area contributed by atoms with Gasteiger partial charge < -0.3 is 15.4 Å². The van der Waals surface area contributed by atoms with Crippen molar-refractivity contribution in [1.29, 1.82) is 0 Å². The molecule has 1 aliphatic heterocycles. The zero-order chi connectivity index (χ0) is 12.5. The number of rotatable bonds is 2. The lowest BCUT2D eigenvalue weighted by molar-refractivity contribution is -0.162. The Bertz CT molecular complexity index is 285. The van der Waals surface area contributed by atoms with Gasteiger partial charge >= 0.3 is 0 Å². The van der Waals surface area contributed by atoms with Crippen molar-refractivity contribution in [3.8, 4) is 0 Å². The lowest BCUT2D eigenvalue weighted by Crippen LogP contribution is -2.57. The Kier molecular flexibility index (Phi) is 3.73. The highest BCUT2D eigenvalue weighted by molar-refractivity contribution is 5.79. The van der Waals surface area contributed by atoms with Gasteiger partial charge in [-0.3, -0.25) is 4.79 Å². The number of carbonyl (C=O) groups excluding carboxylic acids is 1. The number of nitrogens with two attached hydrogens (primary N) is 1. The quantitative estimate of drug-likeness (QED) is 0.787. The van der Waals surface area contributed by atoms with Gasteiger partial charge in [0.25, 0.3) is 0 Å². The first kappa shape index (κ1) is 12.8. The third-order valence-electron chi connectivity index (χ3n) is 3.76. The molecule has 17 heavy (non-hydrogen) atoms. The molecule has 2 N–H and O–H groups in total. The second-order valence-electron chi connectivity index (χ2n) is 5.94. The van der Waals surface area contributed by atoms with Crippen molar-refractivity contribution in [2.45, 2.75) is 51.2 Å². The van der Waals surface area contributed by atoms with Crippen LogP contribution in [0.15, 0.2) is 0 Å². The average molecular weight is 240 g/mol. The van der Waals surface area contributed by atoms with E-state index in [9.17, 15) is 4.79 Å². The highest BCUT2D eigenvalue weighted by Gasteiger charge is 2.37. The number of morpholine rings is 1. The number of ether oxygens (including phenoxy) is 1. The Morgan fingerprint density at radius 3 is 2.65 bits per heavy atom. The molecule has 0 aromatic carbocycles. The molecule has 1 unspecified atom stereocenters. The third kappa shape index (κ3) is 2.99. The number of hydrogen-bond acceptors (Lipinski definition) is 3. The van der Waals surface area contributed by atoms with Crippen molar-refractivity contribution in [1.82, 2.24) is 4.90 Å². The smallest absolute Gasteiger partial charge is 0.225 e. The van der Waals surface area contributed by atoms with Crippen LogP contribution in [0.2, 0.25) is 0 Å². The molecule has 4 nitrogen and oxygen atoms in total. The number of hydrogen-bond donors (Lipinski definition) is 1. The summed E-state index contributed by atoms with van der Waals surface area (Å²) in [6, 6.07) is 0. The van der Waals surface area contributed by atoms with Crippen LogP contribution in [-0.2, 0) is 9.53 Å². The van der Waals surface area contributed by atoms with Gasteiger partial charge in [0, 0.05) is 25.6 Å². The summed E-state index contributed by atoms with van der Waals surface area (Å²) in [5.74, 6) is 0.569. The van der Waals surface area contributed by atoms with E-state index in [1.54, 1.807) is 0 Å². The summed E-state index contributed by atoms with van der Waals surface area (Å²) in [4.78, 5) is 14.3. The normalized spacial score (nSPS) is 29.6. The molecule has 1 saturated heterocycles. The van der Waals surface area contributed by atoms with E-state index in [0.29, 0.717) is 25.5 Å². The van der Waals surface area contributed by atoms with Crippen LogP contribution >= 0.6 is 0 Å². The minimum absolute atomic E-state index is 0.0101. The summed E-state index contributed by atoms with van der Waals surface area (Å²) in [5.41, 5.74) is 5.41. The zero-order valence-corrected chi connectivity index (χ0v) is 10.9. The van der Waals surface area contributed by atoms with Crippen LogP contribution < -0.4 is 5.73 Å². The van der Waals surface area contributed by atoms with Crippen molar-refractivity contribution in [3.63, 3.8) is 0 Å². The molecule has 4 heteroatoms. The van der Waals surface area contributed by atoms with Crippen molar-refractivity contribution in [3.05, 3.63) is 0 Å². The van der Waals surface area contributed by atoms with E-state index in [4.69, 9.17) is 10.5 Å². The molecule has 2 fully saturated rings. The van der Waals surface area contributed by atoms with Gasteiger partial charge in [0.1, 0.15) is 0 Å². The van der Waals surface area contributed by atoms with Gasteiger partial charge in [-0.1, -0.05) is 12.8 Å². The Balaban J connectivity index is 2.01. The lowest BCUT2D eigenvalue weighted by atomic mass is 10.0. The van der Waals surface area contributed by atoms with Crippen LogP contribution in [0.4, 0.5) is 0 Å². The summed E-state index contributed by atoms with van der Waals surface area (Å²) in [7, 11) is 0. The molecule has 1 atom stereocenters. The maximum atomic E-state index is 12.4. The SMILES string of the molecule is CC1(C)CN(C(=O)C2CCCC2)CC(CN)O1. The fraction of sp³-hybridized carbons (Fsp3) is 0.923. The second kappa shape index (κ2) is 4.94. The first-order valence-electron chi connectivity index (χ1n) is 6.68. The monoisotopic (exact) mass is 240 g/mol. The molecule has 1 amide bonds. The van der Waals surface area contributed by atoms with Crippen molar-refractivity contribution in [2.24, 2.45) is 11.7 Å². The molecule has 1 aliphatic carbocycles. The Morgan fingerprint density at radius 1 is 1.41 bits per heavy atom. The molecule has 0 radical (unpaired) electrons. The molecule has 98 valence electrons. The van der Waals surface area contributed by atoms with E-state index >= 15 is 0 Å². The van der Waals surface area contributed by atoms with E-state index in [-0.39, 0.29) is 17.6 Å². The Morgan fingerprint density at radius 2 is 2.06 bits per heavy atom. The van der Waals surface area contributed by atoms with Gasteiger partial charge in [-0.15, -0.1) is 0 Å². The van der Waals surface area contributed by atoms with Gasteiger partial charge in [-0.2, -0.15) is 0 Å². The number of amides is 1. The third-order valence-corrected chi connectivity index (χ3v) is 3.76. The van der Waals surface area contributed by atoms with Crippen LogP contribution in [0.1, 0.15) is 39.5 Å². The van der Waals surface area contributed by atoms with E-state index in [1.165, 1.54) is 12.8 Å². The maximum absolute atomic E-state index is 12.4. The Labute approximate surface area is 103 Å². The molecular weight excluding hydrogens is 216 g/mol. The van der Waals surface area contributed by atoms with Gasteiger partial charge in [0.15, 0.2) is 0 Å². The number of carbonyl (C=O) groups is 1. The van der Waals surface area contributed by atoms with Crippen LogP contribution in [0, 0.1) is 5.92 Å². The molecule has 1 saturated carbocycles. The standard InChI is InChI=1S/C13H24N2O2/c1-13(2)9-15(8-11(7-14)17-13)12(16)10-5-3-4-6-10/h10-11H,3-9,14H2,1-2H3. The predicted octanol–water partition coefficient (Wildman–Crippen LogP) is 1.14. The van der Waals surface area contributed by atoms with Crippen LogP contribution in [0.5, 0.6) is 0 Å². The van der Waals surface area contributed by atoms with Crippen LogP contribution in [0.25, 0.3) is 0 Å². The van der Waals surface area contributed by atoms with Gasteiger partial charge in [-0.05, 0) is 26.7 Å². The average Bonchev–Trinajstić information content (AvgIpc) is 2.79. The van der Waals surface area contributed by atoms with Crippen molar-refractivity contribution >= 4 is 5.91 Å². The molecule has 2 rings (SSSR count). The minimum Gasteiger partial charge on any atom is -0.367 e. The fourth-order valence-electron chi connectivity index (χ4n) is 3.02. The highest BCUT2D eigenvalue weighted by Crippen LogP contribution is 2.29. The highest BCUT2D eigenvalue weighted by atomic mass is 16.5. The zero-order valence-electron chi connectivity index (χ0n) is 10.9. The summed E-state index contributed by atoms with van der Waals surface area (Å²) in [6.45, 7) is 5.90. The molecule has 0 aromatic rings.